The molecule has 1 aromatic heterocycles. The van der Waals surface area contributed by atoms with Gasteiger partial charge in [0.05, 0.1) is 10.7 Å². The second-order valence-corrected chi connectivity index (χ2v) is 5.14. The summed E-state index contributed by atoms with van der Waals surface area (Å²) in [5.41, 5.74) is 2.10. The minimum atomic E-state index is 0.543. The molecule has 2 aromatic carbocycles. The van der Waals surface area contributed by atoms with Gasteiger partial charge in [-0.05, 0) is 39.7 Å². The highest BCUT2D eigenvalue weighted by Crippen LogP contribution is 2.31. The Hall–Kier alpha value is -2.07. The zero-order chi connectivity index (χ0) is 13.8. The van der Waals surface area contributed by atoms with Gasteiger partial charge in [0.2, 0.25) is 0 Å². The predicted molar refractivity (Wildman–Crippen MR) is 80.4 cm³/mol. The van der Waals surface area contributed by atoms with E-state index >= 15 is 0 Å². The molecule has 0 saturated carbocycles. The van der Waals surface area contributed by atoms with Crippen LogP contribution >= 0.6 is 15.9 Å². The second-order valence-electron chi connectivity index (χ2n) is 4.29. The largest absolute Gasteiger partial charge is 0.488 e. The summed E-state index contributed by atoms with van der Waals surface area (Å²) in [6, 6.07) is 15.9. The molecule has 3 rings (SSSR count). The molecule has 4 heteroatoms. The molecule has 0 N–H and O–H groups in total. The molecule has 3 aromatic rings. The first-order valence-corrected chi connectivity index (χ1v) is 6.97. The van der Waals surface area contributed by atoms with Crippen molar-refractivity contribution in [3.63, 3.8) is 0 Å². The molecule has 20 heavy (non-hydrogen) atoms. The minimum absolute atomic E-state index is 0.543. The number of hydrogen-bond acceptors (Lipinski definition) is 3. The highest BCUT2D eigenvalue weighted by molar-refractivity contribution is 9.10. The molecule has 0 saturated heterocycles. The van der Waals surface area contributed by atoms with Crippen LogP contribution < -0.4 is 4.74 Å². The molecule has 0 atom stereocenters. The summed E-state index contributed by atoms with van der Waals surface area (Å²) in [5.74, 6) is 1.54. The molecular formula is C16H12BrNO2. The number of oxazole rings is 1. The first-order valence-electron chi connectivity index (χ1n) is 6.18. The van der Waals surface area contributed by atoms with Crippen LogP contribution in [0, 0.1) is 0 Å². The number of aromatic nitrogens is 1. The smallest absolute Gasteiger partial charge is 0.181 e. The maximum atomic E-state index is 5.80. The summed E-state index contributed by atoms with van der Waals surface area (Å²) < 4.78 is 12.0. The van der Waals surface area contributed by atoms with Gasteiger partial charge in [-0.25, -0.2) is 4.98 Å². The van der Waals surface area contributed by atoms with Gasteiger partial charge in [-0.15, -0.1) is 0 Å². The zero-order valence-electron chi connectivity index (χ0n) is 10.6. The molecule has 0 radical (unpaired) electrons. The van der Waals surface area contributed by atoms with Crippen molar-refractivity contribution >= 4 is 15.9 Å². The van der Waals surface area contributed by atoms with Gasteiger partial charge < -0.3 is 9.15 Å². The standard InChI is InChI=1S/C16H12BrNO2/c17-14-8-13(16-9-18-11-20-16)6-7-15(14)19-10-12-4-2-1-3-5-12/h1-9,11H,10H2. The number of rotatable bonds is 4. The van der Waals surface area contributed by atoms with Crippen molar-refractivity contribution in [3.05, 3.63) is 71.2 Å². The van der Waals surface area contributed by atoms with Crippen LogP contribution in [0.3, 0.4) is 0 Å². The van der Waals surface area contributed by atoms with Gasteiger partial charge in [0.1, 0.15) is 12.4 Å². The summed E-state index contributed by atoms with van der Waals surface area (Å²) in [4.78, 5) is 3.91. The van der Waals surface area contributed by atoms with E-state index in [-0.39, 0.29) is 0 Å². The van der Waals surface area contributed by atoms with Crippen molar-refractivity contribution in [2.45, 2.75) is 6.61 Å². The monoisotopic (exact) mass is 329 g/mol. The van der Waals surface area contributed by atoms with E-state index in [0.29, 0.717) is 6.61 Å². The summed E-state index contributed by atoms with van der Waals surface area (Å²) in [7, 11) is 0. The van der Waals surface area contributed by atoms with Crippen molar-refractivity contribution < 1.29 is 9.15 Å². The van der Waals surface area contributed by atoms with Crippen LogP contribution in [-0.4, -0.2) is 4.98 Å². The van der Waals surface area contributed by atoms with Crippen molar-refractivity contribution in [2.75, 3.05) is 0 Å². The van der Waals surface area contributed by atoms with Crippen LogP contribution in [0.5, 0.6) is 5.75 Å². The highest BCUT2D eigenvalue weighted by atomic mass is 79.9. The molecule has 0 aliphatic heterocycles. The van der Waals surface area contributed by atoms with E-state index in [0.717, 1.165) is 27.1 Å². The summed E-state index contributed by atoms with van der Waals surface area (Å²) >= 11 is 3.52. The van der Waals surface area contributed by atoms with E-state index in [1.807, 2.05) is 48.5 Å². The van der Waals surface area contributed by atoms with E-state index in [1.54, 1.807) is 6.20 Å². The molecule has 0 aliphatic carbocycles. The Morgan fingerprint density at radius 3 is 2.65 bits per heavy atom. The van der Waals surface area contributed by atoms with Gasteiger partial charge in [0.15, 0.2) is 12.2 Å². The van der Waals surface area contributed by atoms with E-state index in [4.69, 9.17) is 9.15 Å². The molecule has 1 heterocycles. The van der Waals surface area contributed by atoms with Gasteiger partial charge >= 0.3 is 0 Å². The molecule has 0 bridgehead atoms. The van der Waals surface area contributed by atoms with E-state index in [2.05, 4.69) is 20.9 Å². The van der Waals surface area contributed by atoms with Crippen molar-refractivity contribution in [3.8, 4) is 17.1 Å². The number of ether oxygens (including phenoxy) is 1. The van der Waals surface area contributed by atoms with Gasteiger partial charge in [0.25, 0.3) is 0 Å². The van der Waals surface area contributed by atoms with Crippen LogP contribution in [0.15, 0.2) is 70.0 Å². The first-order chi connectivity index (χ1) is 9.83. The Morgan fingerprint density at radius 1 is 1.10 bits per heavy atom. The molecule has 0 aliphatic rings. The van der Waals surface area contributed by atoms with Crippen LogP contribution in [0.1, 0.15) is 5.56 Å². The summed E-state index contributed by atoms with van der Waals surface area (Å²) in [6.07, 6.45) is 3.11. The number of nitrogens with zero attached hydrogens (tertiary/aromatic N) is 1. The second kappa shape index (κ2) is 5.92. The molecular weight excluding hydrogens is 318 g/mol. The maximum absolute atomic E-state index is 5.80. The van der Waals surface area contributed by atoms with Crippen molar-refractivity contribution in [2.24, 2.45) is 0 Å². The van der Waals surface area contributed by atoms with E-state index in [9.17, 15) is 0 Å². The normalized spacial score (nSPS) is 10.4. The Morgan fingerprint density at radius 2 is 1.95 bits per heavy atom. The quantitative estimate of drug-likeness (QED) is 0.696. The zero-order valence-corrected chi connectivity index (χ0v) is 12.2. The fourth-order valence-electron chi connectivity index (χ4n) is 1.86. The van der Waals surface area contributed by atoms with Gasteiger partial charge in [-0.2, -0.15) is 0 Å². The molecule has 100 valence electrons. The molecule has 0 fully saturated rings. The Kier molecular flexibility index (Phi) is 3.83. The Bertz CT molecular complexity index is 681. The lowest BCUT2D eigenvalue weighted by Crippen LogP contribution is -1.95. The number of halogens is 1. The Balaban J connectivity index is 1.75. The fourth-order valence-corrected chi connectivity index (χ4v) is 2.36. The average Bonchev–Trinajstić information content (AvgIpc) is 3.01. The molecule has 3 nitrogen and oxygen atoms in total. The summed E-state index contributed by atoms with van der Waals surface area (Å²) in [6.45, 7) is 0.543. The van der Waals surface area contributed by atoms with Crippen molar-refractivity contribution in [1.82, 2.24) is 4.98 Å². The first kappa shape index (κ1) is 12.9. The van der Waals surface area contributed by atoms with Crippen LogP contribution in [-0.2, 0) is 6.61 Å². The maximum Gasteiger partial charge on any atom is 0.181 e. The van der Waals surface area contributed by atoms with Gasteiger partial charge in [-0.1, -0.05) is 30.3 Å². The molecule has 0 spiro atoms. The lowest BCUT2D eigenvalue weighted by Gasteiger charge is -2.09. The number of hydrogen-bond donors (Lipinski definition) is 0. The van der Waals surface area contributed by atoms with Gasteiger partial charge in [-0.3, -0.25) is 0 Å². The lowest BCUT2D eigenvalue weighted by atomic mass is 10.2. The third-order valence-corrected chi connectivity index (χ3v) is 3.51. The average molecular weight is 330 g/mol. The lowest BCUT2D eigenvalue weighted by molar-refractivity contribution is 0.304. The summed E-state index contributed by atoms with van der Waals surface area (Å²) in [5, 5.41) is 0. The highest BCUT2D eigenvalue weighted by Gasteiger charge is 2.06. The third kappa shape index (κ3) is 2.91. The fraction of sp³-hybridized carbons (Fsp3) is 0.0625. The third-order valence-electron chi connectivity index (χ3n) is 2.89. The van der Waals surface area contributed by atoms with Crippen molar-refractivity contribution in [1.29, 1.82) is 0 Å². The number of benzene rings is 2. The topological polar surface area (TPSA) is 35.3 Å². The molecule has 0 unspecified atom stereocenters. The SMILES string of the molecule is Brc1cc(-c2cnco2)ccc1OCc1ccccc1. The van der Waals surface area contributed by atoms with Crippen LogP contribution in [0.25, 0.3) is 11.3 Å². The minimum Gasteiger partial charge on any atom is -0.488 e. The Labute approximate surface area is 125 Å². The molecule has 0 amide bonds. The predicted octanol–water partition coefficient (Wildman–Crippen LogP) is 4.68. The van der Waals surface area contributed by atoms with E-state index < -0.39 is 0 Å². The van der Waals surface area contributed by atoms with Gasteiger partial charge in [0, 0.05) is 5.56 Å². The van der Waals surface area contributed by atoms with Crippen LogP contribution in [0.2, 0.25) is 0 Å². The van der Waals surface area contributed by atoms with E-state index in [1.165, 1.54) is 6.39 Å². The van der Waals surface area contributed by atoms with Crippen LogP contribution in [0.4, 0.5) is 0 Å².